The summed E-state index contributed by atoms with van der Waals surface area (Å²) in [5, 5.41) is 0.111. The second kappa shape index (κ2) is 7.76. The van der Waals surface area contributed by atoms with Crippen molar-refractivity contribution in [2.45, 2.75) is 22.0 Å². The minimum atomic E-state index is -0.754. The molecular weight excluding hydrogens is 377 g/mol. The van der Waals surface area contributed by atoms with Crippen molar-refractivity contribution < 1.29 is 0 Å². The van der Waals surface area contributed by atoms with E-state index in [-0.39, 0.29) is 5.88 Å². The van der Waals surface area contributed by atoms with E-state index in [1.807, 2.05) is 0 Å². The van der Waals surface area contributed by atoms with Crippen LogP contribution in [0.4, 0.5) is 0 Å². The van der Waals surface area contributed by atoms with Crippen LogP contribution in [0.25, 0.3) is 0 Å². The van der Waals surface area contributed by atoms with Gasteiger partial charge >= 0.3 is 0 Å². The predicted octanol–water partition coefficient (Wildman–Crippen LogP) is 5.51. The maximum atomic E-state index is 6.17. The summed E-state index contributed by atoms with van der Waals surface area (Å²) in [5.74, 6) is 0.282. The van der Waals surface area contributed by atoms with Crippen LogP contribution in [-0.2, 0) is 0 Å². The first-order valence-corrected chi connectivity index (χ1v) is 7.71. The Morgan fingerprint density at radius 2 is 1.88 bits per heavy atom. The Morgan fingerprint density at radius 1 is 1.31 bits per heavy atom. The Labute approximate surface area is 130 Å². The van der Waals surface area contributed by atoms with E-state index in [1.165, 1.54) is 5.54 Å². The fraction of sp³-hybridized carbons (Fsp3) is 0.600. The van der Waals surface area contributed by atoms with Gasteiger partial charge in [0.25, 0.3) is 0 Å². The smallest absolute Gasteiger partial charge is 0.0857 e. The third kappa shape index (κ3) is 5.84. The summed E-state index contributed by atoms with van der Waals surface area (Å²) in [6.07, 6.45) is 5.08. The summed E-state index contributed by atoms with van der Waals surface area (Å²) in [5.41, 5.74) is 1.34. The van der Waals surface area contributed by atoms with Crippen LogP contribution in [0.2, 0.25) is 0 Å². The molecule has 0 unspecified atom stereocenters. The average molecular weight is 389 g/mol. The maximum Gasteiger partial charge on any atom is 0.0857 e. The number of rotatable bonds is 6. The molecule has 6 heteroatoms. The number of hydrogen-bond acceptors (Lipinski definition) is 0. The molecule has 0 fully saturated rings. The molecule has 0 aliphatic heterocycles. The molecule has 0 bridgehead atoms. The first-order valence-electron chi connectivity index (χ1n) is 4.42. The fourth-order valence-corrected chi connectivity index (χ4v) is 2.26. The Hall–Kier alpha value is 1.41. The maximum absolute atomic E-state index is 6.17. The Balaban J connectivity index is 4.66. The minimum absolute atomic E-state index is 0.282. The molecule has 0 aliphatic rings. The molecule has 0 heterocycles. The van der Waals surface area contributed by atoms with Crippen molar-refractivity contribution in [2.24, 2.45) is 0 Å². The summed E-state index contributed by atoms with van der Waals surface area (Å²) < 4.78 is 0. The zero-order chi connectivity index (χ0) is 12.8. The van der Waals surface area contributed by atoms with E-state index in [4.69, 9.17) is 58.0 Å². The molecule has 0 nitrogen and oxygen atoms in total. The molecule has 0 aromatic heterocycles. The molecule has 0 aromatic carbocycles. The van der Waals surface area contributed by atoms with Crippen LogP contribution in [0.3, 0.4) is 0 Å². The van der Waals surface area contributed by atoms with Gasteiger partial charge in [0.1, 0.15) is 0 Å². The van der Waals surface area contributed by atoms with Crippen LogP contribution in [0.5, 0.6) is 0 Å². The van der Waals surface area contributed by atoms with Crippen LogP contribution in [0.15, 0.2) is 23.8 Å². The molecule has 0 aromatic rings. The summed E-state index contributed by atoms with van der Waals surface area (Å²) in [7, 11) is 0. The van der Waals surface area contributed by atoms with E-state index in [0.29, 0.717) is 5.33 Å². The van der Waals surface area contributed by atoms with Gasteiger partial charge in [-0.3, -0.25) is 0 Å². The molecule has 3 atom stereocenters. The second-order valence-electron chi connectivity index (χ2n) is 3.51. The third-order valence-electron chi connectivity index (χ3n) is 1.94. The summed E-state index contributed by atoms with van der Waals surface area (Å²) >= 11 is 33.0. The third-order valence-corrected chi connectivity index (χ3v) is 5.46. The molecule has 0 rings (SSSR count). The molecule has 0 N–H and O–H groups in total. The normalized spacial score (nSPS) is 22.2. The lowest BCUT2D eigenvalue weighted by Gasteiger charge is -2.23. The SMILES string of the molecule is C[C@](Cl)(/C=C/Cl)[C@@H](Cl)/C=C/[C@](Cl)(CCl)CBr. The monoisotopic (exact) mass is 386 g/mol. The average Bonchev–Trinajstić information content (AvgIpc) is 2.25. The number of halogens is 6. The van der Waals surface area contributed by atoms with Crippen LogP contribution >= 0.6 is 73.9 Å². The second-order valence-corrected chi connectivity index (χ2v) is 6.62. The molecule has 0 saturated carbocycles. The quantitative estimate of drug-likeness (QED) is 0.415. The van der Waals surface area contributed by atoms with Gasteiger partial charge in [-0.1, -0.05) is 45.8 Å². The van der Waals surface area contributed by atoms with Gasteiger partial charge in [-0.25, -0.2) is 0 Å². The van der Waals surface area contributed by atoms with Crippen molar-refractivity contribution in [3.8, 4) is 0 Å². The Bertz CT molecular complexity index is 258. The minimum Gasteiger partial charge on any atom is -0.124 e. The highest BCUT2D eigenvalue weighted by Gasteiger charge is 2.27. The first kappa shape index (κ1) is 17.4. The van der Waals surface area contributed by atoms with Gasteiger partial charge in [0.15, 0.2) is 0 Å². The first-order chi connectivity index (χ1) is 7.31. The molecule has 16 heavy (non-hydrogen) atoms. The lowest BCUT2D eigenvalue weighted by molar-refractivity contribution is 0.790. The van der Waals surface area contributed by atoms with Gasteiger partial charge in [0, 0.05) is 16.7 Å². The highest BCUT2D eigenvalue weighted by molar-refractivity contribution is 9.09. The highest BCUT2D eigenvalue weighted by atomic mass is 79.9. The molecule has 94 valence electrons. The lowest BCUT2D eigenvalue weighted by atomic mass is 10.0. The van der Waals surface area contributed by atoms with Gasteiger partial charge < -0.3 is 0 Å². The van der Waals surface area contributed by atoms with Crippen molar-refractivity contribution in [3.63, 3.8) is 0 Å². The zero-order valence-electron chi connectivity index (χ0n) is 8.57. The molecular formula is C10H12BrCl5. The largest absolute Gasteiger partial charge is 0.124 e. The van der Waals surface area contributed by atoms with Crippen LogP contribution in [-0.4, -0.2) is 26.3 Å². The van der Waals surface area contributed by atoms with Crippen LogP contribution < -0.4 is 0 Å². The van der Waals surface area contributed by atoms with E-state index in [2.05, 4.69) is 15.9 Å². The molecule has 0 saturated heterocycles. The summed E-state index contributed by atoms with van der Waals surface area (Å²) in [6.45, 7) is 1.76. The van der Waals surface area contributed by atoms with Crippen molar-refractivity contribution in [1.29, 1.82) is 0 Å². The zero-order valence-corrected chi connectivity index (χ0v) is 13.9. The summed E-state index contributed by atoms with van der Waals surface area (Å²) in [4.78, 5) is -1.40. The van der Waals surface area contributed by atoms with Gasteiger partial charge in [-0.05, 0) is 6.92 Å². The van der Waals surface area contributed by atoms with E-state index in [1.54, 1.807) is 25.2 Å². The summed E-state index contributed by atoms with van der Waals surface area (Å²) in [6, 6.07) is 0. The van der Waals surface area contributed by atoms with E-state index < -0.39 is 15.1 Å². The Morgan fingerprint density at radius 3 is 2.25 bits per heavy atom. The van der Waals surface area contributed by atoms with Gasteiger partial charge in [0.2, 0.25) is 0 Å². The van der Waals surface area contributed by atoms with Gasteiger partial charge in [-0.15, -0.1) is 46.4 Å². The number of alkyl halides is 5. The Kier molecular flexibility index (Phi) is 8.44. The van der Waals surface area contributed by atoms with Crippen molar-refractivity contribution in [1.82, 2.24) is 0 Å². The van der Waals surface area contributed by atoms with Crippen molar-refractivity contribution in [2.75, 3.05) is 11.2 Å². The molecule has 0 spiro atoms. The molecule has 0 aliphatic carbocycles. The topological polar surface area (TPSA) is 0 Å². The van der Waals surface area contributed by atoms with Crippen LogP contribution in [0.1, 0.15) is 6.92 Å². The fourth-order valence-electron chi connectivity index (χ4n) is 0.785. The predicted molar refractivity (Wildman–Crippen MR) is 81.1 cm³/mol. The van der Waals surface area contributed by atoms with Crippen LogP contribution in [0, 0.1) is 0 Å². The van der Waals surface area contributed by atoms with Gasteiger partial charge in [0.05, 0.1) is 15.1 Å². The van der Waals surface area contributed by atoms with Gasteiger partial charge in [-0.2, -0.15) is 0 Å². The number of allylic oxidation sites excluding steroid dienone is 3. The highest BCUT2D eigenvalue weighted by Crippen LogP contribution is 2.29. The lowest BCUT2D eigenvalue weighted by Crippen LogP contribution is -2.27. The van der Waals surface area contributed by atoms with E-state index >= 15 is 0 Å². The molecule has 0 amide bonds. The number of hydrogen-bond donors (Lipinski definition) is 0. The molecule has 0 radical (unpaired) electrons. The van der Waals surface area contributed by atoms with Crippen molar-refractivity contribution >= 4 is 73.9 Å². The van der Waals surface area contributed by atoms with E-state index in [9.17, 15) is 0 Å². The van der Waals surface area contributed by atoms with Crippen molar-refractivity contribution in [3.05, 3.63) is 23.8 Å². The van der Waals surface area contributed by atoms with E-state index in [0.717, 1.165) is 0 Å². The standard InChI is InChI=1S/C10H12BrCl5/c1-9(15,4-5-12)8(14)2-3-10(16,6-11)7-13/h2-5,8H,6-7H2,1H3/b3-2+,5-4+/t8-,9-,10+/m0/s1.